The Morgan fingerprint density at radius 2 is 2.10 bits per heavy atom. The van der Waals surface area contributed by atoms with Gasteiger partial charge in [0.15, 0.2) is 0 Å². The predicted molar refractivity (Wildman–Crippen MR) is 108 cm³/mol. The number of aromatic nitrogens is 2. The van der Waals surface area contributed by atoms with E-state index in [1.54, 1.807) is 11.1 Å². The molecule has 0 unspecified atom stereocenters. The second-order valence-electron chi connectivity index (χ2n) is 7.11. The van der Waals surface area contributed by atoms with Crippen molar-refractivity contribution in [3.8, 4) is 5.75 Å². The Hall–Kier alpha value is -2.43. The molecule has 1 saturated heterocycles. The summed E-state index contributed by atoms with van der Waals surface area (Å²) in [6.07, 6.45) is 3.76. The van der Waals surface area contributed by atoms with E-state index >= 15 is 0 Å². The summed E-state index contributed by atoms with van der Waals surface area (Å²) in [5, 5.41) is 5.22. The number of nitrogens with zero attached hydrogens (tertiary/aromatic N) is 4. The van der Waals surface area contributed by atoms with Crippen LogP contribution in [-0.2, 0) is 23.1 Å². The van der Waals surface area contributed by atoms with Gasteiger partial charge >= 0.3 is 0 Å². The Morgan fingerprint density at radius 1 is 1.34 bits per heavy atom. The van der Waals surface area contributed by atoms with Gasteiger partial charge in [-0.05, 0) is 32.0 Å². The van der Waals surface area contributed by atoms with Gasteiger partial charge in [-0.15, -0.1) is 0 Å². The van der Waals surface area contributed by atoms with E-state index in [4.69, 9.17) is 9.88 Å². The van der Waals surface area contributed by atoms with E-state index in [-0.39, 0.29) is 22.4 Å². The lowest BCUT2D eigenvalue weighted by Crippen LogP contribution is -2.53. The number of hydrogen-bond acceptors (Lipinski definition) is 6. The molecular weight excluding hydrogens is 394 g/mol. The van der Waals surface area contributed by atoms with Gasteiger partial charge in [-0.2, -0.15) is 0 Å². The fourth-order valence-corrected chi connectivity index (χ4v) is 4.12. The predicted octanol–water partition coefficient (Wildman–Crippen LogP) is 0.906. The molecule has 1 amide bonds. The zero-order chi connectivity index (χ0) is 21.2. The maximum absolute atomic E-state index is 13.1. The van der Waals surface area contributed by atoms with Crippen LogP contribution in [0.3, 0.4) is 0 Å². The molecule has 1 aromatic heterocycles. The third kappa shape index (κ3) is 4.60. The molecule has 0 spiro atoms. The van der Waals surface area contributed by atoms with E-state index in [1.807, 2.05) is 6.20 Å². The average Bonchev–Trinajstić information content (AvgIpc) is 3.15. The molecule has 3 rings (SSSR count). The average molecular weight is 422 g/mol. The number of sulfonamides is 1. The van der Waals surface area contributed by atoms with Crippen LogP contribution in [0.4, 0.5) is 0 Å². The van der Waals surface area contributed by atoms with Crippen molar-refractivity contribution in [2.45, 2.75) is 37.9 Å². The molecule has 1 aromatic carbocycles. The number of methoxy groups -OCH3 is 1. The van der Waals surface area contributed by atoms with Gasteiger partial charge in [0.05, 0.1) is 24.1 Å². The number of ether oxygens (including phenoxy) is 1. The summed E-state index contributed by atoms with van der Waals surface area (Å²) < 4.78 is 30.7. The zero-order valence-corrected chi connectivity index (χ0v) is 17.7. The number of benzene rings is 1. The minimum Gasteiger partial charge on any atom is -0.496 e. The fraction of sp³-hybridized carbons (Fsp3) is 0.474. The number of nitrogens with two attached hydrogens (primary N) is 1. The van der Waals surface area contributed by atoms with Gasteiger partial charge in [-0.1, -0.05) is 0 Å². The Labute approximate surface area is 171 Å². The lowest BCUT2D eigenvalue weighted by molar-refractivity contribution is 0.0483. The number of carbonyl (C=O) groups is 1. The standard InChI is InChI=1S/C19H27N5O4S/c1-4-22-8-7-21-18(22)13-23-9-10-24(12-14(23)2)19(25)16-11-15(29(20,26)27)5-6-17(16)28-3/h5-8,11,14H,4,9-10,12-13H2,1-3H3,(H2,20,26,27)/t14-/m1/s1. The first-order chi connectivity index (χ1) is 13.7. The lowest BCUT2D eigenvalue weighted by atomic mass is 10.1. The highest BCUT2D eigenvalue weighted by atomic mass is 32.2. The van der Waals surface area contributed by atoms with Crippen LogP contribution in [0.1, 0.15) is 30.0 Å². The SMILES string of the molecule is CCn1ccnc1CN1CCN(C(=O)c2cc(S(N)(=O)=O)ccc2OC)C[C@H]1C. The van der Waals surface area contributed by atoms with Crippen LogP contribution in [0, 0.1) is 0 Å². The number of rotatable bonds is 6. The summed E-state index contributed by atoms with van der Waals surface area (Å²) in [4.78, 5) is 21.4. The molecule has 2 heterocycles. The van der Waals surface area contributed by atoms with Crippen molar-refractivity contribution in [1.82, 2.24) is 19.4 Å². The van der Waals surface area contributed by atoms with Crippen molar-refractivity contribution >= 4 is 15.9 Å². The van der Waals surface area contributed by atoms with Gasteiger partial charge in [0.1, 0.15) is 11.6 Å². The molecule has 158 valence electrons. The minimum absolute atomic E-state index is 0.111. The largest absolute Gasteiger partial charge is 0.496 e. The van der Waals surface area contributed by atoms with Gasteiger partial charge in [0.25, 0.3) is 5.91 Å². The van der Waals surface area contributed by atoms with Gasteiger partial charge in [-0.25, -0.2) is 18.5 Å². The van der Waals surface area contributed by atoms with Crippen molar-refractivity contribution in [1.29, 1.82) is 0 Å². The Morgan fingerprint density at radius 3 is 2.72 bits per heavy atom. The highest BCUT2D eigenvalue weighted by Crippen LogP contribution is 2.25. The van der Waals surface area contributed by atoms with Crippen molar-refractivity contribution < 1.29 is 17.9 Å². The number of carbonyl (C=O) groups excluding carboxylic acids is 1. The Bertz CT molecular complexity index is 988. The summed E-state index contributed by atoms with van der Waals surface area (Å²) in [5.41, 5.74) is 0.196. The van der Waals surface area contributed by atoms with E-state index in [0.717, 1.165) is 12.4 Å². The molecule has 2 aromatic rings. The van der Waals surface area contributed by atoms with Crippen molar-refractivity contribution in [3.63, 3.8) is 0 Å². The van der Waals surface area contributed by atoms with Gasteiger partial charge in [0.2, 0.25) is 10.0 Å². The molecule has 2 N–H and O–H groups in total. The number of aryl methyl sites for hydroxylation is 1. The molecule has 9 nitrogen and oxygen atoms in total. The summed E-state index contributed by atoms with van der Waals surface area (Å²) in [5.74, 6) is 1.05. The molecule has 10 heteroatoms. The monoisotopic (exact) mass is 421 g/mol. The highest BCUT2D eigenvalue weighted by Gasteiger charge is 2.30. The maximum atomic E-state index is 13.1. The number of amides is 1. The van der Waals surface area contributed by atoms with Crippen molar-refractivity contribution in [2.75, 3.05) is 26.7 Å². The van der Waals surface area contributed by atoms with Crippen LogP contribution in [0.5, 0.6) is 5.75 Å². The first-order valence-electron chi connectivity index (χ1n) is 9.48. The molecule has 0 bridgehead atoms. The molecule has 1 fully saturated rings. The van der Waals surface area contributed by atoms with Crippen LogP contribution >= 0.6 is 0 Å². The molecule has 1 aliphatic rings. The van der Waals surface area contributed by atoms with Crippen LogP contribution in [-0.4, -0.2) is 66.5 Å². The molecule has 1 aliphatic heterocycles. The first-order valence-corrected chi connectivity index (χ1v) is 11.0. The molecule has 1 atom stereocenters. The van der Waals surface area contributed by atoms with E-state index in [0.29, 0.717) is 31.9 Å². The van der Waals surface area contributed by atoms with Gasteiger partial charge in [-0.3, -0.25) is 9.69 Å². The Kier molecular flexibility index (Phi) is 6.25. The normalized spacial score (nSPS) is 18.1. The lowest BCUT2D eigenvalue weighted by Gasteiger charge is -2.39. The number of primary sulfonamides is 1. The summed E-state index contributed by atoms with van der Waals surface area (Å²) in [6.45, 7) is 7.47. The van der Waals surface area contributed by atoms with Gasteiger partial charge < -0.3 is 14.2 Å². The molecule has 0 aliphatic carbocycles. The maximum Gasteiger partial charge on any atom is 0.257 e. The van der Waals surface area contributed by atoms with E-state index in [1.165, 1.54) is 25.3 Å². The Balaban J connectivity index is 1.75. The van der Waals surface area contributed by atoms with Crippen LogP contribution in [0.2, 0.25) is 0 Å². The topological polar surface area (TPSA) is 111 Å². The minimum atomic E-state index is -3.91. The molecule has 29 heavy (non-hydrogen) atoms. The van der Waals surface area contributed by atoms with Crippen molar-refractivity contribution in [2.24, 2.45) is 5.14 Å². The smallest absolute Gasteiger partial charge is 0.257 e. The van der Waals surface area contributed by atoms with Crippen LogP contribution in [0.15, 0.2) is 35.5 Å². The quantitative estimate of drug-likeness (QED) is 0.742. The summed E-state index contributed by atoms with van der Waals surface area (Å²) in [7, 11) is -2.47. The third-order valence-electron chi connectivity index (χ3n) is 5.27. The van der Waals surface area contributed by atoms with E-state index in [2.05, 4.69) is 28.3 Å². The third-order valence-corrected chi connectivity index (χ3v) is 6.18. The van der Waals surface area contributed by atoms with Crippen LogP contribution < -0.4 is 9.88 Å². The summed E-state index contributed by atoms with van der Waals surface area (Å²) in [6, 6.07) is 4.20. The van der Waals surface area contributed by atoms with Crippen molar-refractivity contribution in [3.05, 3.63) is 42.0 Å². The fourth-order valence-electron chi connectivity index (χ4n) is 3.58. The number of imidazole rings is 1. The highest BCUT2D eigenvalue weighted by molar-refractivity contribution is 7.89. The van der Waals surface area contributed by atoms with E-state index < -0.39 is 10.0 Å². The summed E-state index contributed by atoms with van der Waals surface area (Å²) >= 11 is 0. The molecule has 0 radical (unpaired) electrons. The van der Waals surface area contributed by atoms with E-state index in [9.17, 15) is 13.2 Å². The number of hydrogen-bond donors (Lipinski definition) is 1. The zero-order valence-electron chi connectivity index (χ0n) is 16.9. The first kappa shape index (κ1) is 21.3. The molecule has 0 saturated carbocycles. The number of piperazine rings is 1. The second kappa shape index (κ2) is 8.52. The second-order valence-corrected chi connectivity index (χ2v) is 8.67. The van der Waals surface area contributed by atoms with Gasteiger partial charge in [0, 0.05) is 44.6 Å². The van der Waals surface area contributed by atoms with Crippen LogP contribution in [0.25, 0.3) is 0 Å². The molecular formula is C19H27N5O4S.